The van der Waals surface area contributed by atoms with Crippen LogP contribution < -0.4 is 10.5 Å². The average Bonchev–Trinajstić information content (AvgIpc) is 2.40. The molecule has 0 atom stereocenters. The molecule has 0 amide bonds. The Labute approximate surface area is 126 Å². The highest BCUT2D eigenvalue weighted by Gasteiger charge is 2.10. The summed E-state index contributed by atoms with van der Waals surface area (Å²) in [6.45, 7) is 8.73. The lowest BCUT2D eigenvalue weighted by atomic mass is 10.0. The number of benzene rings is 2. The van der Waals surface area contributed by atoms with Crippen molar-refractivity contribution in [1.29, 1.82) is 5.41 Å². The van der Waals surface area contributed by atoms with Crippen LogP contribution in [-0.4, -0.2) is 5.84 Å². The van der Waals surface area contributed by atoms with E-state index in [0.29, 0.717) is 6.61 Å². The number of nitrogens with one attached hydrogen (secondary N) is 1. The van der Waals surface area contributed by atoms with Gasteiger partial charge in [-0.3, -0.25) is 5.41 Å². The molecule has 3 heteroatoms. The molecule has 21 heavy (non-hydrogen) atoms. The Bertz CT molecular complexity index is 646. The Morgan fingerprint density at radius 3 is 2.00 bits per heavy atom. The molecule has 0 bridgehead atoms. The summed E-state index contributed by atoms with van der Waals surface area (Å²) in [5.41, 5.74) is 12.0. The van der Waals surface area contributed by atoms with Crippen molar-refractivity contribution in [2.24, 2.45) is 5.73 Å². The number of rotatable bonds is 4. The van der Waals surface area contributed by atoms with Crippen molar-refractivity contribution < 1.29 is 4.74 Å². The summed E-state index contributed by atoms with van der Waals surface area (Å²) in [5, 5.41) is 7.53. The highest BCUT2D eigenvalue weighted by molar-refractivity contribution is 5.95. The van der Waals surface area contributed by atoms with Gasteiger partial charge < -0.3 is 10.5 Å². The number of nitrogen functional groups attached to an aromatic ring is 1. The molecule has 0 unspecified atom stereocenters. The summed E-state index contributed by atoms with van der Waals surface area (Å²) in [7, 11) is 0. The van der Waals surface area contributed by atoms with Crippen LogP contribution in [0.25, 0.3) is 0 Å². The highest BCUT2D eigenvalue weighted by atomic mass is 16.5. The van der Waals surface area contributed by atoms with Crippen LogP contribution in [-0.2, 0) is 6.61 Å². The Kier molecular flexibility index (Phi) is 4.32. The zero-order chi connectivity index (χ0) is 15.6. The molecule has 3 N–H and O–H groups in total. The molecule has 110 valence electrons. The van der Waals surface area contributed by atoms with Crippen molar-refractivity contribution in [2.75, 3.05) is 0 Å². The number of hydrogen-bond donors (Lipinski definition) is 2. The van der Waals surface area contributed by atoms with Crippen LogP contribution >= 0.6 is 0 Å². The van der Waals surface area contributed by atoms with Crippen molar-refractivity contribution in [3.63, 3.8) is 0 Å². The molecule has 0 aromatic heterocycles. The van der Waals surface area contributed by atoms with E-state index in [4.69, 9.17) is 15.9 Å². The highest BCUT2D eigenvalue weighted by Crippen LogP contribution is 2.26. The first-order valence-corrected chi connectivity index (χ1v) is 7.03. The minimum Gasteiger partial charge on any atom is -0.488 e. The van der Waals surface area contributed by atoms with Crippen molar-refractivity contribution >= 4 is 5.84 Å². The first-order valence-electron chi connectivity index (χ1n) is 7.03. The van der Waals surface area contributed by atoms with Gasteiger partial charge in [-0.15, -0.1) is 0 Å². The van der Waals surface area contributed by atoms with Gasteiger partial charge in [0, 0.05) is 5.56 Å². The predicted octanol–water partition coefficient (Wildman–Crippen LogP) is 3.78. The fourth-order valence-corrected chi connectivity index (χ4v) is 2.55. The van der Waals surface area contributed by atoms with Crippen LogP contribution in [0.4, 0.5) is 0 Å². The SMILES string of the molecule is Cc1cccc(C)c1COc1c(C)cc(C(=N)N)cc1C. The molecule has 3 nitrogen and oxygen atoms in total. The molecule has 0 heterocycles. The molecule has 0 aliphatic carbocycles. The van der Waals surface area contributed by atoms with Gasteiger partial charge in [-0.25, -0.2) is 0 Å². The molecule has 2 rings (SSSR count). The lowest BCUT2D eigenvalue weighted by molar-refractivity contribution is 0.300. The summed E-state index contributed by atoms with van der Waals surface area (Å²) in [6, 6.07) is 10.1. The van der Waals surface area contributed by atoms with Gasteiger partial charge in [0.2, 0.25) is 0 Å². The van der Waals surface area contributed by atoms with Crippen LogP contribution in [0, 0.1) is 33.1 Å². The fraction of sp³-hybridized carbons (Fsp3) is 0.278. The lowest BCUT2D eigenvalue weighted by Crippen LogP contribution is -2.12. The summed E-state index contributed by atoms with van der Waals surface area (Å²) in [4.78, 5) is 0. The molecule has 0 fully saturated rings. The van der Waals surface area contributed by atoms with Gasteiger partial charge in [-0.1, -0.05) is 18.2 Å². The number of ether oxygens (including phenoxy) is 1. The number of nitrogens with two attached hydrogens (primary N) is 1. The standard InChI is InChI=1S/C18H22N2O/c1-11-6-5-7-12(2)16(11)10-21-17-13(3)8-15(18(19)20)9-14(17)4/h5-9H,10H2,1-4H3,(H3,19,20). The van der Waals surface area contributed by atoms with Crippen molar-refractivity contribution in [3.05, 3.63) is 63.7 Å². The maximum atomic E-state index is 7.53. The largest absolute Gasteiger partial charge is 0.488 e. The van der Waals surface area contributed by atoms with E-state index in [1.807, 2.05) is 26.0 Å². The van der Waals surface area contributed by atoms with Crippen LogP contribution in [0.1, 0.15) is 33.4 Å². The van der Waals surface area contributed by atoms with Crippen LogP contribution in [0.2, 0.25) is 0 Å². The fourth-order valence-electron chi connectivity index (χ4n) is 2.55. The minimum absolute atomic E-state index is 0.0856. The van der Waals surface area contributed by atoms with E-state index in [9.17, 15) is 0 Å². The van der Waals surface area contributed by atoms with Crippen LogP contribution in [0.3, 0.4) is 0 Å². The third-order valence-electron chi connectivity index (χ3n) is 3.78. The van der Waals surface area contributed by atoms with Crippen molar-refractivity contribution in [3.8, 4) is 5.75 Å². The van der Waals surface area contributed by atoms with Gasteiger partial charge in [-0.2, -0.15) is 0 Å². The Morgan fingerprint density at radius 2 is 1.52 bits per heavy atom. The van der Waals surface area contributed by atoms with Gasteiger partial charge in [-0.05, 0) is 67.6 Å². The number of hydrogen-bond acceptors (Lipinski definition) is 2. The molecule has 2 aromatic carbocycles. The first-order chi connectivity index (χ1) is 9.90. The van der Waals surface area contributed by atoms with Crippen LogP contribution in [0.15, 0.2) is 30.3 Å². The average molecular weight is 282 g/mol. The van der Waals surface area contributed by atoms with Crippen molar-refractivity contribution in [1.82, 2.24) is 0 Å². The first kappa shape index (κ1) is 15.1. The molecular formula is C18H22N2O. The van der Waals surface area contributed by atoms with Crippen LogP contribution in [0.5, 0.6) is 5.75 Å². The molecule has 0 aliphatic heterocycles. The monoisotopic (exact) mass is 282 g/mol. The minimum atomic E-state index is 0.0856. The Hall–Kier alpha value is -2.29. The molecule has 0 saturated heterocycles. The Balaban J connectivity index is 2.27. The third kappa shape index (κ3) is 3.24. The van der Waals surface area contributed by atoms with Gasteiger partial charge in [0.15, 0.2) is 0 Å². The van der Waals surface area contributed by atoms with Gasteiger partial charge in [0.1, 0.15) is 18.2 Å². The maximum Gasteiger partial charge on any atom is 0.125 e. The normalized spacial score (nSPS) is 10.5. The molecular weight excluding hydrogens is 260 g/mol. The van der Waals surface area contributed by atoms with Gasteiger partial charge in [0.05, 0.1) is 0 Å². The van der Waals surface area contributed by atoms with Gasteiger partial charge in [0.25, 0.3) is 0 Å². The molecule has 0 radical (unpaired) electrons. The lowest BCUT2D eigenvalue weighted by Gasteiger charge is -2.16. The van der Waals surface area contributed by atoms with E-state index in [2.05, 4.69) is 32.0 Å². The van der Waals surface area contributed by atoms with Crippen molar-refractivity contribution in [2.45, 2.75) is 34.3 Å². The smallest absolute Gasteiger partial charge is 0.125 e. The van der Waals surface area contributed by atoms with E-state index in [1.165, 1.54) is 16.7 Å². The quantitative estimate of drug-likeness (QED) is 0.662. The molecule has 0 saturated carbocycles. The van der Waals surface area contributed by atoms with E-state index >= 15 is 0 Å². The summed E-state index contributed by atoms with van der Waals surface area (Å²) < 4.78 is 6.04. The summed E-state index contributed by atoms with van der Waals surface area (Å²) in [6.07, 6.45) is 0. The van der Waals surface area contributed by atoms with E-state index < -0.39 is 0 Å². The molecule has 0 spiro atoms. The topological polar surface area (TPSA) is 59.1 Å². The second-order valence-corrected chi connectivity index (χ2v) is 5.51. The summed E-state index contributed by atoms with van der Waals surface area (Å²) in [5.74, 6) is 0.963. The molecule has 0 aliphatic rings. The second kappa shape index (κ2) is 6.00. The number of aryl methyl sites for hydroxylation is 4. The Morgan fingerprint density at radius 1 is 1.00 bits per heavy atom. The molecule has 2 aromatic rings. The van der Waals surface area contributed by atoms with E-state index in [0.717, 1.165) is 22.4 Å². The predicted molar refractivity (Wildman–Crippen MR) is 87.2 cm³/mol. The van der Waals surface area contributed by atoms with E-state index in [1.54, 1.807) is 0 Å². The maximum absolute atomic E-state index is 7.53. The second-order valence-electron chi connectivity index (χ2n) is 5.51. The summed E-state index contributed by atoms with van der Waals surface area (Å²) >= 11 is 0. The zero-order valence-corrected chi connectivity index (χ0v) is 13.1. The third-order valence-corrected chi connectivity index (χ3v) is 3.78. The van der Waals surface area contributed by atoms with E-state index in [-0.39, 0.29) is 5.84 Å². The zero-order valence-electron chi connectivity index (χ0n) is 13.1. The number of amidine groups is 1. The van der Waals surface area contributed by atoms with Gasteiger partial charge >= 0.3 is 0 Å².